The van der Waals surface area contributed by atoms with Crippen molar-refractivity contribution in [1.82, 2.24) is 20.4 Å². The van der Waals surface area contributed by atoms with Crippen LogP contribution in [0.15, 0.2) is 22.7 Å². The summed E-state index contributed by atoms with van der Waals surface area (Å²) in [6.45, 7) is 2.48. The van der Waals surface area contributed by atoms with Gasteiger partial charge in [-0.2, -0.15) is 4.98 Å². The van der Waals surface area contributed by atoms with E-state index in [2.05, 4.69) is 20.4 Å². The molecule has 2 aromatic rings. The molecule has 1 amide bonds. The van der Waals surface area contributed by atoms with E-state index < -0.39 is 0 Å². The quantitative estimate of drug-likeness (QED) is 0.881. The third-order valence-electron chi connectivity index (χ3n) is 3.17. The van der Waals surface area contributed by atoms with Gasteiger partial charge in [0.25, 0.3) is 0 Å². The second-order valence-corrected chi connectivity index (χ2v) is 4.66. The van der Waals surface area contributed by atoms with Gasteiger partial charge in [0.15, 0.2) is 0 Å². The van der Waals surface area contributed by atoms with Crippen molar-refractivity contribution in [1.29, 1.82) is 0 Å². The molecular formula is C13H14N4O2. The number of aryl methyl sites for hydroxylation is 1. The lowest BCUT2D eigenvalue weighted by Crippen LogP contribution is -2.33. The summed E-state index contributed by atoms with van der Waals surface area (Å²) in [5.41, 5.74) is 1.61. The molecule has 1 atom stereocenters. The number of pyridine rings is 1. The fourth-order valence-electron chi connectivity index (χ4n) is 2.12. The van der Waals surface area contributed by atoms with E-state index in [4.69, 9.17) is 4.52 Å². The number of rotatable bonds is 2. The lowest BCUT2D eigenvalue weighted by molar-refractivity contribution is -0.122. The number of nitrogens with zero attached hydrogens (tertiary/aromatic N) is 3. The Morgan fingerprint density at radius 1 is 1.37 bits per heavy atom. The van der Waals surface area contributed by atoms with Crippen molar-refractivity contribution in [3.63, 3.8) is 0 Å². The smallest absolute Gasteiger partial charge is 0.231 e. The molecule has 1 aliphatic rings. The van der Waals surface area contributed by atoms with E-state index >= 15 is 0 Å². The van der Waals surface area contributed by atoms with Gasteiger partial charge in [0.1, 0.15) is 5.69 Å². The summed E-state index contributed by atoms with van der Waals surface area (Å²) in [4.78, 5) is 19.9. The zero-order valence-corrected chi connectivity index (χ0v) is 10.6. The van der Waals surface area contributed by atoms with Crippen molar-refractivity contribution in [2.24, 2.45) is 0 Å². The van der Waals surface area contributed by atoms with E-state index in [-0.39, 0.29) is 11.8 Å². The van der Waals surface area contributed by atoms with Gasteiger partial charge in [-0.1, -0.05) is 11.2 Å². The molecule has 19 heavy (non-hydrogen) atoms. The van der Waals surface area contributed by atoms with Gasteiger partial charge < -0.3 is 9.84 Å². The molecule has 2 aromatic heterocycles. The minimum Gasteiger partial charge on any atom is -0.355 e. The van der Waals surface area contributed by atoms with Gasteiger partial charge in [-0.3, -0.25) is 4.79 Å². The monoisotopic (exact) mass is 258 g/mol. The molecule has 3 rings (SSSR count). The van der Waals surface area contributed by atoms with Gasteiger partial charge in [0, 0.05) is 18.7 Å². The molecule has 0 bridgehead atoms. The number of hydrogen-bond acceptors (Lipinski definition) is 5. The second kappa shape index (κ2) is 4.79. The maximum atomic E-state index is 11.1. The summed E-state index contributed by atoms with van der Waals surface area (Å²) in [7, 11) is 0. The van der Waals surface area contributed by atoms with Crippen LogP contribution in [0.1, 0.15) is 30.3 Å². The Bertz CT molecular complexity index is 598. The van der Waals surface area contributed by atoms with Crippen LogP contribution >= 0.6 is 0 Å². The van der Waals surface area contributed by atoms with E-state index in [1.807, 2.05) is 25.1 Å². The molecule has 0 radical (unpaired) electrons. The van der Waals surface area contributed by atoms with Gasteiger partial charge in [0.05, 0.1) is 5.92 Å². The predicted molar refractivity (Wildman–Crippen MR) is 67.3 cm³/mol. The third-order valence-corrected chi connectivity index (χ3v) is 3.17. The largest absolute Gasteiger partial charge is 0.355 e. The zero-order valence-electron chi connectivity index (χ0n) is 10.6. The first-order chi connectivity index (χ1) is 9.22. The Morgan fingerprint density at radius 3 is 3.00 bits per heavy atom. The number of piperidine rings is 1. The maximum absolute atomic E-state index is 11.1. The van der Waals surface area contributed by atoms with E-state index in [1.54, 1.807) is 0 Å². The lowest BCUT2D eigenvalue weighted by Gasteiger charge is -2.18. The third kappa shape index (κ3) is 2.47. The standard InChI is InChI=1S/C13H14N4O2/c1-8-3-2-4-10(15-8)12-16-13(19-17-12)9-5-6-11(18)14-7-9/h2-4,9H,5-7H2,1H3,(H,14,18). The molecule has 1 aliphatic heterocycles. The van der Waals surface area contributed by atoms with Gasteiger partial charge in [0.2, 0.25) is 17.6 Å². The summed E-state index contributed by atoms with van der Waals surface area (Å²) in [5.74, 6) is 1.24. The summed E-state index contributed by atoms with van der Waals surface area (Å²) in [6, 6.07) is 5.68. The minimum atomic E-state index is 0.0799. The van der Waals surface area contributed by atoms with E-state index in [1.165, 1.54) is 0 Å². The van der Waals surface area contributed by atoms with Gasteiger partial charge >= 0.3 is 0 Å². The van der Waals surface area contributed by atoms with Crippen molar-refractivity contribution < 1.29 is 9.32 Å². The molecule has 0 spiro atoms. The summed E-state index contributed by atoms with van der Waals surface area (Å²) < 4.78 is 5.28. The van der Waals surface area contributed by atoms with Crippen LogP contribution in [0.2, 0.25) is 0 Å². The molecule has 1 unspecified atom stereocenters. The highest BCUT2D eigenvalue weighted by Gasteiger charge is 2.25. The second-order valence-electron chi connectivity index (χ2n) is 4.66. The number of nitrogens with one attached hydrogen (secondary N) is 1. The maximum Gasteiger partial charge on any atom is 0.231 e. The SMILES string of the molecule is Cc1cccc(-c2noc(C3CCC(=O)NC3)n2)n1. The molecule has 1 saturated heterocycles. The van der Waals surface area contributed by atoms with E-state index in [0.29, 0.717) is 30.4 Å². The molecule has 6 heteroatoms. The fourth-order valence-corrected chi connectivity index (χ4v) is 2.12. The van der Waals surface area contributed by atoms with Crippen LogP contribution in [0.5, 0.6) is 0 Å². The molecule has 0 saturated carbocycles. The topological polar surface area (TPSA) is 80.9 Å². The van der Waals surface area contributed by atoms with Gasteiger partial charge in [-0.05, 0) is 25.5 Å². The molecule has 6 nitrogen and oxygen atoms in total. The average Bonchev–Trinajstić information content (AvgIpc) is 2.89. The lowest BCUT2D eigenvalue weighted by atomic mass is 9.99. The summed E-state index contributed by atoms with van der Waals surface area (Å²) in [6.07, 6.45) is 1.25. The molecular weight excluding hydrogens is 244 g/mol. The number of carbonyl (C=O) groups is 1. The first kappa shape index (κ1) is 11.8. The Balaban J connectivity index is 1.81. The fraction of sp³-hybridized carbons (Fsp3) is 0.385. The van der Waals surface area contributed by atoms with Crippen LogP contribution in [0, 0.1) is 6.92 Å². The Kier molecular flexibility index (Phi) is 2.98. The van der Waals surface area contributed by atoms with Gasteiger partial charge in [-0.25, -0.2) is 4.98 Å². The highest BCUT2D eigenvalue weighted by molar-refractivity contribution is 5.76. The van der Waals surface area contributed by atoms with Crippen molar-refractivity contribution in [3.05, 3.63) is 29.8 Å². The number of amides is 1. The normalized spacial score (nSPS) is 19.2. The molecule has 0 aliphatic carbocycles. The van der Waals surface area contributed by atoms with Crippen LogP contribution in [0.4, 0.5) is 0 Å². The summed E-state index contributed by atoms with van der Waals surface area (Å²) in [5, 5.41) is 6.77. The first-order valence-corrected chi connectivity index (χ1v) is 6.27. The zero-order chi connectivity index (χ0) is 13.2. The number of aromatic nitrogens is 3. The van der Waals surface area contributed by atoms with Crippen LogP contribution in [-0.4, -0.2) is 27.6 Å². The van der Waals surface area contributed by atoms with Crippen molar-refractivity contribution >= 4 is 5.91 Å². The molecule has 1 N–H and O–H groups in total. The van der Waals surface area contributed by atoms with Crippen LogP contribution in [-0.2, 0) is 4.79 Å². The van der Waals surface area contributed by atoms with Crippen molar-refractivity contribution in [2.75, 3.05) is 6.54 Å². The molecule has 1 fully saturated rings. The predicted octanol–water partition coefficient (Wildman–Crippen LogP) is 1.43. The molecule has 98 valence electrons. The molecule has 3 heterocycles. The van der Waals surface area contributed by atoms with E-state index in [9.17, 15) is 4.79 Å². The molecule has 0 aromatic carbocycles. The van der Waals surface area contributed by atoms with Crippen molar-refractivity contribution in [2.45, 2.75) is 25.7 Å². The summed E-state index contributed by atoms with van der Waals surface area (Å²) >= 11 is 0. The van der Waals surface area contributed by atoms with Gasteiger partial charge in [-0.15, -0.1) is 0 Å². The Morgan fingerprint density at radius 2 is 2.26 bits per heavy atom. The average molecular weight is 258 g/mol. The van der Waals surface area contributed by atoms with Crippen LogP contribution in [0.3, 0.4) is 0 Å². The Labute approximate surface area is 110 Å². The van der Waals surface area contributed by atoms with Crippen LogP contribution in [0.25, 0.3) is 11.5 Å². The van der Waals surface area contributed by atoms with Crippen molar-refractivity contribution in [3.8, 4) is 11.5 Å². The van der Waals surface area contributed by atoms with E-state index in [0.717, 1.165) is 12.1 Å². The van der Waals surface area contributed by atoms with Crippen LogP contribution < -0.4 is 5.32 Å². The highest BCUT2D eigenvalue weighted by atomic mass is 16.5. The number of hydrogen-bond donors (Lipinski definition) is 1. The first-order valence-electron chi connectivity index (χ1n) is 6.27. The number of carbonyl (C=O) groups excluding carboxylic acids is 1. The Hall–Kier alpha value is -2.24. The highest BCUT2D eigenvalue weighted by Crippen LogP contribution is 2.24. The minimum absolute atomic E-state index is 0.0799.